The number of hydrogen-bond acceptors (Lipinski definition) is 5. The highest BCUT2D eigenvalue weighted by Gasteiger charge is 2.73. The van der Waals surface area contributed by atoms with Crippen molar-refractivity contribution >= 4 is 20.0 Å². The largest absolute Gasteiger partial charge is 0.471 e. The van der Waals surface area contributed by atoms with Crippen molar-refractivity contribution in [1.82, 2.24) is 9.03 Å². The molecule has 188 valence electrons. The highest BCUT2D eigenvalue weighted by atomic mass is 32.3. The predicted octanol–water partition coefficient (Wildman–Crippen LogP) is 3.82. The van der Waals surface area contributed by atoms with E-state index in [0.29, 0.717) is 0 Å². The van der Waals surface area contributed by atoms with E-state index in [2.05, 4.69) is 11.8 Å². The number of hydrogen-bond donors (Lipinski definition) is 1. The molecule has 1 N–H and O–H groups in total. The monoisotopic (exact) mass is 522 g/mol. The Morgan fingerprint density at radius 2 is 1.06 bits per heavy atom. The average Bonchev–Trinajstić information content (AvgIpc) is 3.05. The molecule has 1 heterocycles. The van der Waals surface area contributed by atoms with Crippen molar-refractivity contribution in [3.63, 3.8) is 0 Å². The summed E-state index contributed by atoms with van der Waals surface area (Å²) in [6.45, 7) is 6.35. The Labute approximate surface area is 172 Å². The molecule has 0 atom stereocenters. The van der Waals surface area contributed by atoms with Crippen molar-refractivity contribution in [3.8, 4) is 0 Å². The van der Waals surface area contributed by atoms with Crippen molar-refractivity contribution in [1.29, 1.82) is 0 Å². The Balaban J connectivity index is 0.000000743. The van der Waals surface area contributed by atoms with Gasteiger partial charge in [0.1, 0.15) is 0 Å². The fourth-order valence-corrected chi connectivity index (χ4v) is 4.75. The third-order valence-electron chi connectivity index (χ3n) is 3.83. The van der Waals surface area contributed by atoms with Crippen LogP contribution in [0.2, 0.25) is 0 Å². The predicted molar refractivity (Wildman–Crippen MR) is 88.2 cm³/mol. The van der Waals surface area contributed by atoms with Gasteiger partial charge in [0.15, 0.2) is 0 Å². The SMILES string of the molecule is CCCCCN1CCCC1.O=S(=O)(NS(=O)(=O)C(F)(F)C(F)(F)F)C(F)(F)C(F)(F)F. The molecule has 18 heteroatoms. The van der Waals surface area contributed by atoms with Crippen LogP contribution in [0.4, 0.5) is 43.9 Å². The van der Waals surface area contributed by atoms with Crippen molar-refractivity contribution in [2.45, 2.75) is 61.9 Å². The minimum absolute atomic E-state index is 0.969. The highest BCUT2D eigenvalue weighted by Crippen LogP contribution is 2.43. The smallest absolute Gasteiger partial charge is 0.303 e. The van der Waals surface area contributed by atoms with Crippen molar-refractivity contribution < 1.29 is 60.7 Å². The van der Waals surface area contributed by atoms with Gasteiger partial charge in [0.05, 0.1) is 0 Å². The maximum atomic E-state index is 12.4. The van der Waals surface area contributed by atoms with Crippen LogP contribution in [-0.2, 0) is 20.0 Å². The first-order chi connectivity index (χ1) is 13.6. The zero-order chi connectivity index (χ0) is 24.9. The van der Waals surface area contributed by atoms with Gasteiger partial charge in [0.25, 0.3) is 20.0 Å². The Morgan fingerprint density at radius 3 is 1.35 bits per heavy atom. The molecule has 0 radical (unpaired) electrons. The lowest BCUT2D eigenvalue weighted by molar-refractivity contribution is -0.242. The van der Waals surface area contributed by atoms with Crippen LogP contribution in [0.5, 0.6) is 0 Å². The fraction of sp³-hybridized carbons (Fsp3) is 1.00. The maximum absolute atomic E-state index is 12.4. The molecule has 6 nitrogen and oxygen atoms in total. The van der Waals surface area contributed by atoms with E-state index in [1.165, 1.54) is 51.7 Å². The molecule has 0 aromatic carbocycles. The molecule has 0 aliphatic carbocycles. The molecule has 0 saturated carbocycles. The number of halogens is 10. The minimum Gasteiger partial charge on any atom is -0.303 e. The van der Waals surface area contributed by atoms with Gasteiger partial charge in [-0.15, -0.1) is 0 Å². The molecule has 1 aliphatic heterocycles. The summed E-state index contributed by atoms with van der Waals surface area (Å²) in [7, 11) is -15.0. The number of alkyl halides is 10. The highest BCUT2D eigenvalue weighted by molar-refractivity contribution is 8.05. The summed E-state index contributed by atoms with van der Waals surface area (Å²) < 4.78 is 160. The molecule has 0 aromatic heterocycles. The van der Waals surface area contributed by atoms with E-state index in [9.17, 15) is 60.7 Å². The number of unbranched alkanes of at least 4 members (excludes halogenated alkanes) is 2. The molecule has 1 saturated heterocycles. The molecule has 0 spiro atoms. The molecule has 1 rings (SSSR count). The minimum atomic E-state index is -7.49. The lowest BCUT2D eigenvalue weighted by Crippen LogP contribution is -2.57. The summed E-state index contributed by atoms with van der Waals surface area (Å²) in [5.74, 6) is 0. The van der Waals surface area contributed by atoms with E-state index in [-0.39, 0.29) is 0 Å². The van der Waals surface area contributed by atoms with E-state index < -0.39 is 47.0 Å². The van der Waals surface area contributed by atoms with Gasteiger partial charge in [-0.2, -0.15) is 43.9 Å². The van der Waals surface area contributed by atoms with Crippen molar-refractivity contribution in [3.05, 3.63) is 0 Å². The summed E-state index contributed by atoms with van der Waals surface area (Å²) in [5, 5.41) is -13.9. The zero-order valence-corrected chi connectivity index (χ0v) is 17.5. The second-order valence-electron chi connectivity index (χ2n) is 6.38. The quantitative estimate of drug-likeness (QED) is 0.387. The van der Waals surface area contributed by atoms with Crippen LogP contribution in [0.15, 0.2) is 0 Å². The summed E-state index contributed by atoms with van der Waals surface area (Å²) in [4.78, 5) is 2.59. The lowest BCUT2D eigenvalue weighted by atomic mass is 10.2. The number of nitrogens with one attached hydrogen (secondary N) is 1. The Hall–Kier alpha value is -0.880. The van der Waals surface area contributed by atoms with Crippen LogP contribution in [0, 0.1) is 0 Å². The van der Waals surface area contributed by atoms with E-state index in [4.69, 9.17) is 0 Å². The Kier molecular flexibility index (Phi) is 10.1. The second-order valence-corrected chi connectivity index (χ2v) is 10.1. The summed E-state index contributed by atoms with van der Waals surface area (Å²) in [6.07, 6.45) is -6.89. The molecular formula is C13H20F10N2O4S2. The lowest BCUT2D eigenvalue weighted by Gasteiger charge is -2.23. The molecule has 1 fully saturated rings. The van der Waals surface area contributed by atoms with E-state index in [1.807, 2.05) is 0 Å². The van der Waals surface area contributed by atoms with Crippen LogP contribution in [0.1, 0.15) is 39.0 Å². The van der Waals surface area contributed by atoms with E-state index in [1.54, 1.807) is 0 Å². The van der Waals surface area contributed by atoms with Gasteiger partial charge < -0.3 is 4.90 Å². The van der Waals surface area contributed by atoms with Gasteiger partial charge in [0.2, 0.25) is 0 Å². The average molecular weight is 522 g/mol. The van der Waals surface area contributed by atoms with Gasteiger partial charge in [-0.25, -0.2) is 16.8 Å². The number of likely N-dealkylation sites (tertiary alicyclic amines) is 1. The summed E-state index contributed by atoms with van der Waals surface area (Å²) in [5.41, 5.74) is 0. The molecule has 0 aromatic rings. The third kappa shape index (κ3) is 7.59. The van der Waals surface area contributed by atoms with E-state index >= 15 is 0 Å². The van der Waals surface area contributed by atoms with Gasteiger partial charge in [-0.3, -0.25) is 0 Å². The van der Waals surface area contributed by atoms with Crippen LogP contribution in [-0.4, -0.2) is 64.2 Å². The normalized spacial score (nSPS) is 17.4. The maximum Gasteiger partial charge on any atom is 0.471 e. The molecule has 31 heavy (non-hydrogen) atoms. The summed E-state index contributed by atoms with van der Waals surface area (Å²) in [6, 6.07) is 0. The van der Waals surface area contributed by atoms with Crippen LogP contribution < -0.4 is 4.13 Å². The number of rotatable bonds is 8. The fourth-order valence-electron chi connectivity index (χ4n) is 2.15. The van der Waals surface area contributed by atoms with Gasteiger partial charge in [-0.1, -0.05) is 23.9 Å². The van der Waals surface area contributed by atoms with Gasteiger partial charge >= 0.3 is 22.9 Å². The van der Waals surface area contributed by atoms with Gasteiger partial charge in [0, 0.05) is 0 Å². The van der Waals surface area contributed by atoms with Crippen molar-refractivity contribution in [2.75, 3.05) is 19.6 Å². The van der Waals surface area contributed by atoms with Crippen molar-refractivity contribution in [2.24, 2.45) is 0 Å². The zero-order valence-electron chi connectivity index (χ0n) is 15.8. The second kappa shape index (κ2) is 10.4. The topological polar surface area (TPSA) is 83.6 Å². The first-order valence-electron chi connectivity index (χ1n) is 8.53. The van der Waals surface area contributed by atoms with Gasteiger partial charge in [-0.05, 0) is 38.9 Å². The Bertz CT molecular complexity index is 719. The molecule has 0 unspecified atom stereocenters. The molecule has 0 amide bonds. The third-order valence-corrected chi connectivity index (χ3v) is 7.40. The number of nitrogens with zero attached hydrogens (tertiary/aromatic N) is 1. The standard InChI is InChI=1S/C9H19N.C4HF10NO4S2/c1-2-3-4-7-10-8-5-6-9-10;5-1(6,7)3(11,12)20(16,17)15-21(18,19)4(13,14)2(8,9)10/h2-9H2,1H3;15H. The Morgan fingerprint density at radius 1 is 0.710 bits per heavy atom. The molecular weight excluding hydrogens is 502 g/mol. The molecule has 0 bridgehead atoms. The van der Waals surface area contributed by atoms with E-state index in [0.717, 1.165) is 0 Å². The first-order valence-corrected chi connectivity index (χ1v) is 11.5. The van der Waals surface area contributed by atoms with Crippen LogP contribution >= 0.6 is 0 Å². The van der Waals surface area contributed by atoms with Crippen LogP contribution in [0.25, 0.3) is 0 Å². The number of sulfonamides is 2. The van der Waals surface area contributed by atoms with Crippen LogP contribution in [0.3, 0.4) is 0 Å². The summed E-state index contributed by atoms with van der Waals surface area (Å²) >= 11 is 0. The molecule has 1 aliphatic rings. The first kappa shape index (κ1) is 30.1.